The van der Waals surface area contributed by atoms with Crippen LogP contribution in [0.25, 0.3) is 0 Å². The van der Waals surface area contributed by atoms with E-state index >= 15 is 0 Å². The van der Waals surface area contributed by atoms with Gasteiger partial charge >= 0.3 is 0 Å². The molecule has 5 heteroatoms. The van der Waals surface area contributed by atoms with E-state index in [0.717, 1.165) is 54.4 Å². The van der Waals surface area contributed by atoms with E-state index in [-0.39, 0.29) is 5.91 Å². The third-order valence-electron chi connectivity index (χ3n) is 4.91. The Morgan fingerprint density at radius 3 is 2.62 bits per heavy atom. The maximum atomic E-state index is 12.9. The summed E-state index contributed by atoms with van der Waals surface area (Å²) in [5.41, 5.74) is 3.87. The molecular formula is C19H24ClN3O. The van der Waals surface area contributed by atoms with Gasteiger partial charge in [0.2, 0.25) is 0 Å². The molecular weight excluding hydrogens is 322 g/mol. The van der Waals surface area contributed by atoms with Gasteiger partial charge in [0.15, 0.2) is 0 Å². The molecule has 128 valence electrons. The largest absolute Gasteiger partial charge is 0.338 e. The summed E-state index contributed by atoms with van der Waals surface area (Å²) in [6.07, 6.45) is 2.04. The fraction of sp³-hybridized carbons (Fsp3) is 0.474. The lowest BCUT2D eigenvalue weighted by atomic mass is 9.99. The van der Waals surface area contributed by atoms with Crippen LogP contribution in [-0.2, 0) is 13.0 Å². The molecule has 0 saturated carbocycles. The van der Waals surface area contributed by atoms with Crippen LogP contribution in [0.5, 0.6) is 0 Å². The molecule has 1 atom stereocenters. The van der Waals surface area contributed by atoms with Gasteiger partial charge in [0.25, 0.3) is 5.91 Å². The molecule has 1 aliphatic heterocycles. The second-order valence-corrected chi connectivity index (χ2v) is 7.03. The molecule has 0 spiro atoms. The van der Waals surface area contributed by atoms with Gasteiger partial charge in [0.05, 0.1) is 11.3 Å². The van der Waals surface area contributed by atoms with Crippen LogP contribution >= 0.6 is 11.6 Å². The monoisotopic (exact) mass is 345 g/mol. The fourth-order valence-electron chi connectivity index (χ4n) is 3.61. The smallest absolute Gasteiger partial charge is 0.257 e. The normalized spacial score (nSPS) is 17.5. The minimum absolute atomic E-state index is 0.128. The van der Waals surface area contributed by atoms with Gasteiger partial charge in [-0.15, -0.1) is 0 Å². The van der Waals surface area contributed by atoms with Crippen LogP contribution in [0.4, 0.5) is 0 Å². The average molecular weight is 346 g/mol. The average Bonchev–Trinajstić information content (AvgIpc) is 3.13. The Morgan fingerprint density at radius 2 is 2.00 bits per heavy atom. The number of aryl methyl sites for hydroxylation is 2. The molecule has 1 fully saturated rings. The van der Waals surface area contributed by atoms with E-state index in [1.807, 2.05) is 42.5 Å². The van der Waals surface area contributed by atoms with Gasteiger partial charge in [0, 0.05) is 30.4 Å². The third kappa shape index (κ3) is 3.34. The highest BCUT2D eigenvalue weighted by molar-refractivity contribution is 6.30. The molecule has 24 heavy (non-hydrogen) atoms. The number of nitrogens with zero attached hydrogens (tertiary/aromatic N) is 3. The van der Waals surface area contributed by atoms with Gasteiger partial charge in [-0.25, -0.2) is 0 Å². The van der Waals surface area contributed by atoms with Crippen molar-refractivity contribution < 1.29 is 4.79 Å². The predicted molar refractivity (Wildman–Crippen MR) is 96.5 cm³/mol. The van der Waals surface area contributed by atoms with E-state index in [9.17, 15) is 4.79 Å². The van der Waals surface area contributed by atoms with E-state index in [4.69, 9.17) is 11.6 Å². The number of hydrogen-bond donors (Lipinski definition) is 0. The van der Waals surface area contributed by atoms with E-state index < -0.39 is 0 Å². The van der Waals surface area contributed by atoms with Gasteiger partial charge in [-0.2, -0.15) is 5.10 Å². The lowest BCUT2D eigenvalue weighted by Crippen LogP contribution is -2.29. The van der Waals surface area contributed by atoms with E-state index in [1.165, 1.54) is 5.56 Å². The van der Waals surface area contributed by atoms with E-state index in [0.29, 0.717) is 5.92 Å². The summed E-state index contributed by atoms with van der Waals surface area (Å²) in [7, 11) is 0. The molecule has 1 aliphatic rings. The summed E-state index contributed by atoms with van der Waals surface area (Å²) < 4.78 is 1.91. The zero-order valence-corrected chi connectivity index (χ0v) is 15.3. The molecule has 0 bridgehead atoms. The first-order valence-electron chi connectivity index (χ1n) is 8.57. The van der Waals surface area contributed by atoms with Gasteiger partial charge in [-0.3, -0.25) is 9.48 Å². The molecule has 0 N–H and O–H groups in total. The highest BCUT2D eigenvalue weighted by Gasteiger charge is 2.30. The molecule has 4 nitrogen and oxygen atoms in total. The first-order valence-corrected chi connectivity index (χ1v) is 8.95. The molecule has 2 heterocycles. The Bertz CT molecular complexity index is 736. The maximum absolute atomic E-state index is 12.9. The molecule has 1 aromatic carbocycles. The Hall–Kier alpha value is -1.81. The minimum Gasteiger partial charge on any atom is -0.338 e. The second kappa shape index (κ2) is 6.98. The maximum Gasteiger partial charge on any atom is 0.257 e. The van der Waals surface area contributed by atoms with E-state index in [2.05, 4.69) is 17.2 Å². The van der Waals surface area contributed by atoms with Crippen molar-refractivity contribution in [1.29, 1.82) is 0 Å². The lowest BCUT2D eigenvalue weighted by molar-refractivity contribution is 0.0785. The summed E-state index contributed by atoms with van der Waals surface area (Å²) in [5, 5.41) is 5.24. The quantitative estimate of drug-likeness (QED) is 0.843. The van der Waals surface area contributed by atoms with Crippen molar-refractivity contribution in [3.63, 3.8) is 0 Å². The Morgan fingerprint density at radius 1 is 1.29 bits per heavy atom. The molecule has 1 saturated heterocycles. The first kappa shape index (κ1) is 17.0. The number of hydrogen-bond acceptors (Lipinski definition) is 2. The molecule has 1 unspecified atom stereocenters. The van der Waals surface area contributed by atoms with Crippen LogP contribution in [0.1, 0.15) is 40.7 Å². The summed E-state index contributed by atoms with van der Waals surface area (Å²) in [6, 6.07) is 8.01. The second-order valence-electron chi connectivity index (χ2n) is 6.60. The number of halogens is 1. The minimum atomic E-state index is 0.128. The summed E-state index contributed by atoms with van der Waals surface area (Å²) >= 11 is 5.94. The van der Waals surface area contributed by atoms with Crippen molar-refractivity contribution >= 4 is 17.5 Å². The number of benzene rings is 1. The van der Waals surface area contributed by atoms with Gasteiger partial charge in [0.1, 0.15) is 0 Å². The fourth-order valence-corrected chi connectivity index (χ4v) is 3.74. The molecule has 2 aromatic rings. The Kier molecular flexibility index (Phi) is 4.95. The summed E-state index contributed by atoms with van der Waals surface area (Å²) in [6.45, 7) is 8.39. The molecule has 0 radical (unpaired) electrons. The zero-order chi connectivity index (χ0) is 17.3. The molecule has 1 amide bonds. The molecule has 1 aromatic heterocycles. The summed E-state index contributed by atoms with van der Waals surface area (Å²) in [5.74, 6) is 0.639. The van der Waals surface area contributed by atoms with Crippen LogP contribution in [0, 0.1) is 19.8 Å². The van der Waals surface area contributed by atoms with E-state index in [1.54, 1.807) is 0 Å². The number of carbonyl (C=O) groups is 1. The van der Waals surface area contributed by atoms with Crippen molar-refractivity contribution in [2.45, 2.75) is 40.2 Å². The lowest BCUT2D eigenvalue weighted by Gasteiger charge is -2.17. The number of rotatable bonds is 4. The zero-order valence-electron chi connectivity index (χ0n) is 14.6. The predicted octanol–water partition coefficient (Wildman–Crippen LogP) is 3.88. The van der Waals surface area contributed by atoms with Crippen molar-refractivity contribution in [3.8, 4) is 0 Å². The highest BCUT2D eigenvalue weighted by Crippen LogP contribution is 2.25. The van der Waals surface area contributed by atoms with Gasteiger partial charge < -0.3 is 4.90 Å². The van der Waals surface area contributed by atoms with Crippen LogP contribution in [0.3, 0.4) is 0 Å². The van der Waals surface area contributed by atoms with Crippen molar-refractivity contribution in [3.05, 3.63) is 51.8 Å². The van der Waals surface area contributed by atoms with Crippen LogP contribution in [0.15, 0.2) is 24.3 Å². The van der Waals surface area contributed by atoms with Gasteiger partial charge in [-0.05, 0) is 57.2 Å². The SMILES string of the molecule is CCn1nc(C)c(C(=O)N2CCC(Cc3ccc(Cl)cc3)C2)c1C. The summed E-state index contributed by atoms with van der Waals surface area (Å²) in [4.78, 5) is 14.9. The standard InChI is InChI=1S/C19H24ClN3O/c1-4-23-14(3)18(13(2)21-23)19(24)22-10-9-16(12-22)11-15-5-7-17(20)8-6-15/h5-8,16H,4,9-12H2,1-3H3. The molecule has 3 rings (SSSR count). The number of likely N-dealkylation sites (tertiary alicyclic amines) is 1. The number of aromatic nitrogens is 2. The first-order chi connectivity index (χ1) is 11.5. The van der Waals surface area contributed by atoms with Crippen molar-refractivity contribution in [2.75, 3.05) is 13.1 Å². The van der Waals surface area contributed by atoms with Crippen molar-refractivity contribution in [1.82, 2.24) is 14.7 Å². The molecule has 0 aliphatic carbocycles. The Balaban J connectivity index is 1.68. The number of carbonyl (C=O) groups excluding carboxylic acids is 1. The topological polar surface area (TPSA) is 38.1 Å². The van der Waals surface area contributed by atoms with Crippen LogP contribution in [-0.4, -0.2) is 33.7 Å². The third-order valence-corrected chi connectivity index (χ3v) is 5.16. The highest BCUT2D eigenvalue weighted by atomic mass is 35.5. The Labute approximate surface area is 148 Å². The number of amides is 1. The van der Waals surface area contributed by atoms with Crippen LogP contribution in [0.2, 0.25) is 5.02 Å². The van der Waals surface area contributed by atoms with Gasteiger partial charge in [-0.1, -0.05) is 23.7 Å². The van der Waals surface area contributed by atoms with Crippen LogP contribution < -0.4 is 0 Å². The van der Waals surface area contributed by atoms with Crippen molar-refractivity contribution in [2.24, 2.45) is 5.92 Å².